The molecule has 0 fully saturated rings. The van der Waals surface area contributed by atoms with Gasteiger partial charge < -0.3 is 20.1 Å². The summed E-state index contributed by atoms with van der Waals surface area (Å²) in [5, 5.41) is 6.31. The zero-order valence-electron chi connectivity index (χ0n) is 16.0. The Hall–Kier alpha value is -2.17. The van der Waals surface area contributed by atoms with E-state index in [2.05, 4.69) is 25.3 Å². The lowest BCUT2D eigenvalue weighted by atomic mass is 10.1. The average molecular weight is 506 g/mol. The van der Waals surface area contributed by atoms with Crippen LogP contribution < -0.4 is 20.1 Å². The Kier molecular flexibility index (Phi) is 10.5. The van der Waals surface area contributed by atoms with Crippen molar-refractivity contribution in [2.45, 2.75) is 33.5 Å². The normalized spacial score (nSPS) is 11.0. The third-order valence-electron chi connectivity index (χ3n) is 3.67. The van der Waals surface area contributed by atoms with E-state index in [1.165, 1.54) is 6.07 Å². The molecule has 0 aliphatic rings. The number of guanidine groups is 1. The smallest absolute Gasteiger partial charge is 0.387 e. The lowest BCUT2D eigenvalue weighted by Gasteiger charge is -2.14. The van der Waals surface area contributed by atoms with Crippen LogP contribution in [0, 0.1) is 6.92 Å². The lowest BCUT2D eigenvalue weighted by molar-refractivity contribution is -0.0504. The molecule has 0 unspecified atom stereocenters. The molecule has 0 saturated carbocycles. The number of hydrogen-bond acceptors (Lipinski definition) is 4. The van der Waals surface area contributed by atoms with Gasteiger partial charge in [-0.05, 0) is 26.0 Å². The Balaban J connectivity index is 0.00000392. The summed E-state index contributed by atoms with van der Waals surface area (Å²) < 4.78 is 35.0. The van der Waals surface area contributed by atoms with E-state index in [0.29, 0.717) is 30.5 Å². The number of ether oxygens (including phenoxy) is 2. The Morgan fingerprint density at radius 3 is 2.68 bits per heavy atom. The highest BCUT2D eigenvalue weighted by Gasteiger charge is 2.10. The Morgan fingerprint density at radius 2 is 2.00 bits per heavy atom. The molecule has 0 spiro atoms. The number of nitrogens with zero attached hydrogens (tertiary/aromatic N) is 2. The highest BCUT2D eigenvalue weighted by atomic mass is 127. The summed E-state index contributed by atoms with van der Waals surface area (Å²) >= 11 is 0. The molecule has 154 valence electrons. The highest BCUT2D eigenvalue weighted by molar-refractivity contribution is 14.0. The number of hydrogen-bond donors (Lipinski definition) is 2. The number of alkyl halides is 2. The molecule has 28 heavy (non-hydrogen) atoms. The van der Waals surface area contributed by atoms with Crippen molar-refractivity contribution in [1.29, 1.82) is 0 Å². The van der Waals surface area contributed by atoms with Crippen molar-refractivity contribution < 1.29 is 18.3 Å². The maximum atomic E-state index is 12.6. The van der Waals surface area contributed by atoms with Crippen molar-refractivity contribution in [1.82, 2.24) is 15.6 Å². The number of halogens is 3. The first kappa shape index (κ1) is 23.9. The predicted molar refractivity (Wildman–Crippen MR) is 116 cm³/mol. The Labute approximate surface area is 180 Å². The number of aryl methyl sites for hydroxylation is 1. The van der Waals surface area contributed by atoms with Crippen LogP contribution in [0.3, 0.4) is 0 Å². The van der Waals surface area contributed by atoms with Crippen LogP contribution in [-0.2, 0) is 13.1 Å². The van der Waals surface area contributed by atoms with E-state index in [1.807, 2.05) is 26.0 Å². The van der Waals surface area contributed by atoms with Crippen molar-refractivity contribution >= 4 is 29.9 Å². The first-order chi connectivity index (χ1) is 13.0. The van der Waals surface area contributed by atoms with Gasteiger partial charge in [-0.25, -0.2) is 9.98 Å². The molecular formula is C19H25F2IN4O2. The van der Waals surface area contributed by atoms with Gasteiger partial charge in [0, 0.05) is 30.4 Å². The third-order valence-corrected chi connectivity index (χ3v) is 3.67. The fraction of sp³-hybridized carbons (Fsp3) is 0.368. The second-order valence-electron chi connectivity index (χ2n) is 5.71. The molecule has 9 heteroatoms. The average Bonchev–Trinajstić information content (AvgIpc) is 2.65. The van der Waals surface area contributed by atoms with Crippen molar-refractivity contribution in [3.8, 4) is 11.6 Å². The second kappa shape index (κ2) is 12.3. The molecule has 2 aromatic rings. The minimum absolute atomic E-state index is 0. The van der Waals surface area contributed by atoms with Gasteiger partial charge in [0.1, 0.15) is 5.75 Å². The number of rotatable bonds is 8. The Bertz CT molecular complexity index is 775. The molecule has 0 atom stereocenters. The zero-order chi connectivity index (χ0) is 19.6. The minimum Gasteiger partial charge on any atom is -0.481 e. The van der Waals surface area contributed by atoms with Crippen molar-refractivity contribution in [2.24, 2.45) is 4.99 Å². The summed E-state index contributed by atoms with van der Waals surface area (Å²) in [7, 11) is 1.56. The number of benzene rings is 1. The van der Waals surface area contributed by atoms with E-state index in [1.54, 1.807) is 25.4 Å². The summed E-state index contributed by atoms with van der Waals surface area (Å²) in [5.74, 6) is 1.21. The molecule has 2 rings (SSSR count). The predicted octanol–water partition coefficient (Wildman–Crippen LogP) is 3.87. The van der Waals surface area contributed by atoms with Crippen LogP contribution in [0.2, 0.25) is 0 Å². The molecule has 2 N–H and O–H groups in total. The number of pyridine rings is 1. The van der Waals surface area contributed by atoms with Crippen LogP contribution in [0.15, 0.2) is 41.5 Å². The first-order valence-corrected chi connectivity index (χ1v) is 8.57. The van der Waals surface area contributed by atoms with Gasteiger partial charge in [-0.1, -0.05) is 23.8 Å². The molecule has 0 aliphatic heterocycles. The molecule has 6 nitrogen and oxygen atoms in total. The van der Waals surface area contributed by atoms with Crippen LogP contribution in [0.1, 0.15) is 23.6 Å². The fourth-order valence-corrected chi connectivity index (χ4v) is 2.47. The van der Waals surface area contributed by atoms with Gasteiger partial charge in [0.15, 0.2) is 5.96 Å². The van der Waals surface area contributed by atoms with E-state index in [-0.39, 0.29) is 36.3 Å². The van der Waals surface area contributed by atoms with Crippen LogP contribution in [0.5, 0.6) is 11.6 Å². The van der Waals surface area contributed by atoms with Gasteiger partial charge in [0.25, 0.3) is 0 Å². The van der Waals surface area contributed by atoms with Gasteiger partial charge in [-0.2, -0.15) is 8.78 Å². The third kappa shape index (κ3) is 7.45. The first-order valence-electron chi connectivity index (χ1n) is 8.57. The summed E-state index contributed by atoms with van der Waals surface area (Å²) in [6.45, 7) is 2.27. The van der Waals surface area contributed by atoms with E-state index < -0.39 is 6.61 Å². The topological polar surface area (TPSA) is 67.8 Å². The van der Waals surface area contributed by atoms with Crippen LogP contribution in [0.25, 0.3) is 0 Å². The maximum Gasteiger partial charge on any atom is 0.387 e. The summed E-state index contributed by atoms with van der Waals surface area (Å²) in [6, 6.07) is 8.77. The number of methoxy groups -OCH3 is 1. The van der Waals surface area contributed by atoms with Crippen LogP contribution in [0.4, 0.5) is 8.78 Å². The molecule has 0 saturated heterocycles. The molecule has 1 aromatic heterocycles. The molecule has 1 heterocycles. The molecule has 0 radical (unpaired) electrons. The van der Waals surface area contributed by atoms with Gasteiger partial charge in [0.2, 0.25) is 5.88 Å². The standard InChI is InChI=1S/C19H24F2N4O2.HI/c1-4-22-19(24-11-14-6-5-9-23-17(14)26-3)25-12-15-10-13(2)7-8-16(15)27-18(20)21;/h5-10,18H,4,11-12H2,1-3H3,(H2,22,24,25);1H. The molecular weight excluding hydrogens is 481 g/mol. The molecule has 1 aromatic carbocycles. The lowest BCUT2D eigenvalue weighted by Crippen LogP contribution is -2.36. The number of aliphatic imine (C=N–C) groups is 1. The molecule has 0 bridgehead atoms. The second-order valence-corrected chi connectivity index (χ2v) is 5.71. The quantitative estimate of drug-likeness (QED) is 0.323. The van der Waals surface area contributed by atoms with Crippen molar-refractivity contribution in [2.75, 3.05) is 13.7 Å². The maximum absolute atomic E-state index is 12.6. The van der Waals surface area contributed by atoms with E-state index in [9.17, 15) is 8.78 Å². The van der Waals surface area contributed by atoms with E-state index in [0.717, 1.165) is 11.1 Å². The molecule has 0 amide bonds. The zero-order valence-corrected chi connectivity index (χ0v) is 18.4. The fourth-order valence-electron chi connectivity index (χ4n) is 2.47. The van der Waals surface area contributed by atoms with Crippen molar-refractivity contribution in [3.63, 3.8) is 0 Å². The monoisotopic (exact) mass is 506 g/mol. The Morgan fingerprint density at radius 1 is 1.21 bits per heavy atom. The van der Waals surface area contributed by atoms with E-state index in [4.69, 9.17) is 4.74 Å². The highest BCUT2D eigenvalue weighted by Crippen LogP contribution is 2.23. The summed E-state index contributed by atoms with van der Waals surface area (Å²) in [6.07, 6.45) is 1.66. The van der Waals surface area contributed by atoms with Crippen LogP contribution >= 0.6 is 24.0 Å². The van der Waals surface area contributed by atoms with Gasteiger partial charge in [-0.15, -0.1) is 24.0 Å². The summed E-state index contributed by atoms with van der Waals surface area (Å²) in [4.78, 5) is 8.63. The number of aromatic nitrogens is 1. The largest absolute Gasteiger partial charge is 0.481 e. The van der Waals surface area contributed by atoms with Crippen molar-refractivity contribution in [3.05, 3.63) is 53.2 Å². The van der Waals surface area contributed by atoms with E-state index >= 15 is 0 Å². The van der Waals surface area contributed by atoms with Gasteiger partial charge >= 0.3 is 6.61 Å². The minimum atomic E-state index is -2.88. The van der Waals surface area contributed by atoms with Crippen LogP contribution in [-0.4, -0.2) is 31.2 Å². The van der Waals surface area contributed by atoms with Gasteiger partial charge in [0.05, 0.1) is 13.7 Å². The summed E-state index contributed by atoms with van der Waals surface area (Å²) in [5.41, 5.74) is 2.41. The molecule has 0 aliphatic carbocycles. The number of nitrogens with one attached hydrogen (secondary N) is 2. The SMILES string of the molecule is CCNC(=NCc1cc(C)ccc1OC(F)F)NCc1cccnc1OC.I. The van der Waals surface area contributed by atoms with Gasteiger partial charge in [-0.3, -0.25) is 0 Å².